The van der Waals surface area contributed by atoms with E-state index >= 15 is 0 Å². The van der Waals surface area contributed by atoms with Crippen molar-refractivity contribution >= 4 is 23.2 Å². The van der Waals surface area contributed by atoms with Crippen LogP contribution in [0.25, 0.3) is 0 Å². The third-order valence-electron chi connectivity index (χ3n) is 3.67. The summed E-state index contributed by atoms with van der Waals surface area (Å²) >= 11 is 6.08. The number of methoxy groups -OCH3 is 1. The van der Waals surface area contributed by atoms with Gasteiger partial charge in [0, 0.05) is 24.6 Å². The number of carbonyl (C=O) groups is 1. The van der Waals surface area contributed by atoms with Crippen LogP contribution in [0.4, 0.5) is 5.69 Å². The van der Waals surface area contributed by atoms with Gasteiger partial charge < -0.3 is 15.4 Å². The Morgan fingerprint density at radius 1 is 1.41 bits per heavy atom. The molecule has 0 aliphatic carbocycles. The smallest absolute Gasteiger partial charge is 0.257 e. The van der Waals surface area contributed by atoms with Crippen molar-refractivity contribution in [2.45, 2.75) is 13.0 Å². The van der Waals surface area contributed by atoms with Gasteiger partial charge in [-0.3, -0.25) is 9.78 Å². The molecule has 1 amide bonds. The summed E-state index contributed by atoms with van der Waals surface area (Å²) in [6.07, 6.45) is 4.25. The van der Waals surface area contributed by atoms with Crippen LogP contribution in [0, 0.1) is 0 Å². The number of nitrogens with one attached hydrogen (secondary N) is 2. The number of aromatic nitrogens is 1. The van der Waals surface area contributed by atoms with E-state index in [2.05, 4.69) is 15.6 Å². The molecule has 0 bridgehead atoms. The van der Waals surface area contributed by atoms with E-state index in [4.69, 9.17) is 16.3 Å². The van der Waals surface area contributed by atoms with E-state index < -0.39 is 0 Å². The third-order valence-corrected chi connectivity index (χ3v) is 3.96. The van der Waals surface area contributed by atoms with Crippen LogP contribution >= 0.6 is 11.6 Å². The maximum atomic E-state index is 12.5. The average molecular weight is 318 g/mol. The molecular weight excluding hydrogens is 302 g/mol. The second kappa shape index (κ2) is 6.34. The first-order valence-electron chi connectivity index (χ1n) is 7.00. The van der Waals surface area contributed by atoms with Gasteiger partial charge in [-0.25, -0.2) is 0 Å². The van der Waals surface area contributed by atoms with Crippen molar-refractivity contribution in [1.82, 2.24) is 10.3 Å². The molecule has 5 nitrogen and oxygen atoms in total. The number of hydrogen-bond acceptors (Lipinski definition) is 4. The van der Waals surface area contributed by atoms with Crippen LogP contribution in [0.5, 0.6) is 5.75 Å². The van der Waals surface area contributed by atoms with Gasteiger partial charge in [0.2, 0.25) is 0 Å². The van der Waals surface area contributed by atoms with Gasteiger partial charge in [0.25, 0.3) is 5.91 Å². The molecule has 6 heteroatoms. The zero-order valence-corrected chi connectivity index (χ0v) is 12.9. The molecule has 2 N–H and O–H groups in total. The van der Waals surface area contributed by atoms with Crippen molar-refractivity contribution < 1.29 is 9.53 Å². The molecule has 2 heterocycles. The predicted octanol–water partition coefficient (Wildman–Crippen LogP) is 2.64. The van der Waals surface area contributed by atoms with E-state index in [1.54, 1.807) is 31.5 Å². The minimum atomic E-state index is -0.174. The number of pyridine rings is 1. The molecule has 0 saturated heterocycles. The molecule has 0 spiro atoms. The minimum Gasteiger partial charge on any atom is -0.495 e. The molecule has 0 radical (unpaired) electrons. The standard InChI is InChI=1S/C16H16ClN3O2/c1-22-15-3-2-11(6-14(15)17)20-16(21)13-9-19-8-10-7-18-5-4-12(10)13/h2-3,6,8-9,18H,4-5,7H2,1H3,(H,20,21). The van der Waals surface area contributed by atoms with E-state index in [9.17, 15) is 4.79 Å². The average Bonchev–Trinajstić information content (AvgIpc) is 2.54. The first-order chi connectivity index (χ1) is 10.7. The normalized spacial score (nSPS) is 13.4. The number of anilines is 1. The van der Waals surface area contributed by atoms with Crippen LogP contribution < -0.4 is 15.4 Å². The number of fused-ring (bicyclic) bond motifs is 1. The molecule has 0 atom stereocenters. The van der Waals surface area contributed by atoms with Crippen molar-refractivity contribution in [2.24, 2.45) is 0 Å². The van der Waals surface area contributed by atoms with Gasteiger partial charge in [-0.2, -0.15) is 0 Å². The predicted molar refractivity (Wildman–Crippen MR) is 85.6 cm³/mol. The lowest BCUT2D eigenvalue weighted by Gasteiger charge is -2.19. The number of benzene rings is 1. The fourth-order valence-corrected chi connectivity index (χ4v) is 2.81. The molecule has 1 aliphatic heterocycles. The van der Waals surface area contributed by atoms with E-state index in [1.807, 2.05) is 6.20 Å². The molecule has 1 aromatic carbocycles. The third kappa shape index (κ3) is 2.91. The van der Waals surface area contributed by atoms with Crippen LogP contribution in [0.2, 0.25) is 5.02 Å². The summed E-state index contributed by atoms with van der Waals surface area (Å²) < 4.78 is 5.10. The Morgan fingerprint density at radius 2 is 2.27 bits per heavy atom. The van der Waals surface area contributed by atoms with Gasteiger partial charge in [-0.05, 0) is 42.3 Å². The SMILES string of the molecule is COc1ccc(NC(=O)c2cncc3c2CCNC3)cc1Cl. The minimum absolute atomic E-state index is 0.174. The van der Waals surface area contributed by atoms with E-state index in [1.165, 1.54) is 0 Å². The zero-order chi connectivity index (χ0) is 15.5. The second-order valence-corrected chi connectivity index (χ2v) is 5.46. The number of carbonyl (C=O) groups excluding carboxylic acids is 1. The second-order valence-electron chi connectivity index (χ2n) is 5.05. The molecule has 0 saturated carbocycles. The molecule has 2 aromatic rings. The summed E-state index contributed by atoms with van der Waals surface area (Å²) in [6.45, 7) is 1.61. The van der Waals surface area contributed by atoms with Gasteiger partial charge in [-0.15, -0.1) is 0 Å². The largest absolute Gasteiger partial charge is 0.495 e. The van der Waals surface area contributed by atoms with Crippen LogP contribution in [-0.4, -0.2) is 24.5 Å². The molecule has 3 rings (SSSR count). The number of hydrogen-bond donors (Lipinski definition) is 2. The zero-order valence-electron chi connectivity index (χ0n) is 12.1. The number of ether oxygens (including phenoxy) is 1. The van der Waals surface area contributed by atoms with Gasteiger partial charge in [-0.1, -0.05) is 11.6 Å². The number of amides is 1. The highest BCUT2D eigenvalue weighted by atomic mass is 35.5. The molecule has 114 valence electrons. The van der Waals surface area contributed by atoms with Crippen molar-refractivity contribution in [3.8, 4) is 5.75 Å². The molecule has 1 aliphatic rings. The molecule has 0 unspecified atom stereocenters. The maximum absolute atomic E-state index is 12.5. The Hall–Kier alpha value is -2.11. The van der Waals surface area contributed by atoms with Crippen molar-refractivity contribution in [2.75, 3.05) is 19.0 Å². The quantitative estimate of drug-likeness (QED) is 0.913. The monoisotopic (exact) mass is 317 g/mol. The molecule has 1 aromatic heterocycles. The van der Waals surface area contributed by atoms with Gasteiger partial charge in [0.15, 0.2) is 0 Å². The number of rotatable bonds is 3. The van der Waals surface area contributed by atoms with E-state index in [0.717, 1.165) is 30.6 Å². The fourth-order valence-electron chi connectivity index (χ4n) is 2.55. The van der Waals surface area contributed by atoms with Crippen LogP contribution in [0.3, 0.4) is 0 Å². The molecule has 0 fully saturated rings. The number of halogens is 1. The molecule has 22 heavy (non-hydrogen) atoms. The summed E-state index contributed by atoms with van der Waals surface area (Å²) in [5, 5.41) is 6.59. The lowest BCUT2D eigenvalue weighted by molar-refractivity contribution is 0.102. The van der Waals surface area contributed by atoms with Crippen molar-refractivity contribution in [3.63, 3.8) is 0 Å². The van der Waals surface area contributed by atoms with Gasteiger partial charge >= 0.3 is 0 Å². The van der Waals surface area contributed by atoms with Gasteiger partial charge in [0.05, 0.1) is 17.7 Å². The Labute approximate surface area is 133 Å². The van der Waals surface area contributed by atoms with Crippen LogP contribution in [-0.2, 0) is 13.0 Å². The lowest BCUT2D eigenvalue weighted by Crippen LogP contribution is -2.27. The van der Waals surface area contributed by atoms with Crippen LogP contribution in [0.1, 0.15) is 21.5 Å². The van der Waals surface area contributed by atoms with Crippen LogP contribution in [0.15, 0.2) is 30.6 Å². The van der Waals surface area contributed by atoms with Gasteiger partial charge in [0.1, 0.15) is 5.75 Å². The molecular formula is C16H16ClN3O2. The summed E-state index contributed by atoms with van der Waals surface area (Å²) in [4.78, 5) is 16.7. The highest BCUT2D eigenvalue weighted by molar-refractivity contribution is 6.32. The Bertz CT molecular complexity index is 719. The summed E-state index contributed by atoms with van der Waals surface area (Å²) in [6, 6.07) is 5.15. The Morgan fingerprint density at radius 3 is 3.05 bits per heavy atom. The highest BCUT2D eigenvalue weighted by Crippen LogP contribution is 2.27. The topological polar surface area (TPSA) is 63.2 Å². The highest BCUT2D eigenvalue weighted by Gasteiger charge is 2.18. The van der Waals surface area contributed by atoms with Crippen molar-refractivity contribution in [3.05, 3.63) is 52.3 Å². The summed E-state index contributed by atoms with van der Waals surface area (Å²) in [7, 11) is 1.55. The van der Waals surface area contributed by atoms with Crippen molar-refractivity contribution in [1.29, 1.82) is 0 Å². The Balaban J connectivity index is 1.84. The van der Waals surface area contributed by atoms with E-state index in [-0.39, 0.29) is 5.91 Å². The summed E-state index contributed by atoms with van der Waals surface area (Å²) in [5.74, 6) is 0.400. The Kier molecular flexibility index (Phi) is 4.27. The number of nitrogens with zero attached hydrogens (tertiary/aromatic N) is 1. The maximum Gasteiger partial charge on any atom is 0.257 e. The first-order valence-corrected chi connectivity index (χ1v) is 7.38. The van der Waals surface area contributed by atoms with E-state index in [0.29, 0.717) is 22.0 Å². The first kappa shape index (κ1) is 14.8. The summed E-state index contributed by atoms with van der Waals surface area (Å²) in [5.41, 5.74) is 3.38. The fraction of sp³-hybridized carbons (Fsp3) is 0.250. The lowest BCUT2D eigenvalue weighted by atomic mass is 9.98.